The van der Waals surface area contributed by atoms with Gasteiger partial charge in [0.05, 0.1) is 36.0 Å². The summed E-state index contributed by atoms with van der Waals surface area (Å²) in [6, 6.07) is 16.0. The first-order chi connectivity index (χ1) is 15.0. The minimum Gasteiger partial charge on any atom is -0.351 e. The number of urea groups is 1. The number of hydrogen-bond acceptors (Lipinski definition) is 5. The molecule has 8 nitrogen and oxygen atoms in total. The van der Waals surface area contributed by atoms with Gasteiger partial charge in [-0.05, 0) is 42.7 Å². The second kappa shape index (κ2) is 8.53. The molecule has 1 aromatic heterocycles. The lowest BCUT2D eigenvalue weighted by Gasteiger charge is -2.26. The van der Waals surface area contributed by atoms with E-state index >= 15 is 0 Å². The molecule has 3 aromatic rings. The molecule has 156 valence electrons. The summed E-state index contributed by atoms with van der Waals surface area (Å²) < 4.78 is 1.77. The molecule has 0 saturated carbocycles. The zero-order valence-electron chi connectivity index (χ0n) is 16.8. The van der Waals surface area contributed by atoms with E-state index in [-0.39, 0.29) is 12.5 Å². The Morgan fingerprint density at radius 2 is 1.97 bits per heavy atom. The molecule has 0 unspecified atom stereocenters. The zero-order valence-corrected chi connectivity index (χ0v) is 17.6. The lowest BCUT2D eigenvalue weighted by molar-refractivity contribution is 0.102. The maximum Gasteiger partial charge on any atom is 0.315 e. The number of amides is 3. The number of nitrogens with zero attached hydrogens (tertiary/aromatic N) is 4. The second-order valence-corrected chi connectivity index (χ2v) is 7.91. The minimum absolute atomic E-state index is 0.209. The Kier molecular flexibility index (Phi) is 5.64. The topological polar surface area (TPSA) is 117 Å². The van der Waals surface area contributed by atoms with E-state index in [9.17, 15) is 9.59 Å². The second-order valence-electron chi connectivity index (χ2n) is 7.03. The number of fused-ring (bicyclic) bond motifs is 1. The van der Waals surface area contributed by atoms with Crippen molar-refractivity contribution in [3.63, 3.8) is 0 Å². The SMILES string of the molecule is CSc1cccc(-c2nn3c(c2C(=O)Nc2ccc(C#N)cc2)CN(C(N)=O)CC3)c1. The zero-order chi connectivity index (χ0) is 22.0. The van der Waals surface area contributed by atoms with E-state index < -0.39 is 6.03 Å². The number of nitrogens with two attached hydrogens (primary N) is 1. The van der Waals surface area contributed by atoms with Crippen LogP contribution in [0.1, 0.15) is 21.6 Å². The van der Waals surface area contributed by atoms with Crippen LogP contribution in [-0.2, 0) is 13.1 Å². The van der Waals surface area contributed by atoms with Gasteiger partial charge in [-0.2, -0.15) is 10.4 Å². The summed E-state index contributed by atoms with van der Waals surface area (Å²) in [7, 11) is 0. The van der Waals surface area contributed by atoms with Crippen molar-refractivity contribution in [2.24, 2.45) is 5.73 Å². The van der Waals surface area contributed by atoms with E-state index in [0.717, 1.165) is 10.5 Å². The van der Waals surface area contributed by atoms with E-state index in [1.54, 1.807) is 40.7 Å². The van der Waals surface area contributed by atoms with Gasteiger partial charge in [0.15, 0.2) is 0 Å². The number of hydrogen-bond donors (Lipinski definition) is 2. The molecule has 3 amide bonds. The van der Waals surface area contributed by atoms with Crippen LogP contribution in [0.15, 0.2) is 53.4 Å². The van der Waals surface area contributed by atoms with Crippen molar-refractivity contribution in [1.29, 1.82) is 5.26 Å². The van der Waals surface area contributed by atoms with Gasteiger partial charge in [-0.15, -0.1) is 11.8 Å². The van der Waals surface area contributed by atoms with Crippen LogP contribution in [0.4, 0.5) is 10.5 Å². The third-order valence-electron chi connectivity index (χ3n) is 5.13. The molecule has 31 heavy (non-hydrogen) atoms. The van der Waals surface area contributed by atoms with Crippen LogP contribution < -0.4 is 11.1 Å². The number of primary amides is 1. The summed E-state index contributed by atoms with van der Waals surface area (Å²) >= 11 is 1.61. The van der Waals surface area contributed by atoms with Crippen LogP contribution in [0.5, 0.6) is 0 Å². The van der Waals surface area contributed by atoms with E-state index in [1.807, 2.05) is 30.5 Å². The van der Waals surface area contributed by atoms with Gasteiger partial charge in [0.1, 0.15) is 5.69 Å². The first-order valence-corrected chi connectivity index (χ1v) is 10.8. The first-order valence-electron chi connectivity index (χ1n) is 9.60. The Morgan fingerprint density at radius 3 is 2.65 bits per heavy atom. The lowest BCUT2D eigenvalue weighted by atomic mass is 10.0. The van der Waals surface area contributed by atoms with Crippen molar-refractivity contribution in [3.8, 4) is 17.3 Å². The maximum atomic E-state index is 13.4. The molecule has 1 aliphatic heterocycles. The van der Waals surface area contributed by atoms with Crippen molar-refractivity contribution >= 4 is 29.4 Å². The molecule has 4 rings (SSSR count). The van der Waals surface area contributed by atoms with Crippen molar-refractivity contribution in [2.45, 2.75) is 18.0 Å². The Balaban J connectivity index is 1.77. The lowest BCUT2D eigenvalue weighted by Crippen LogP contribution is -2.42. The van der Waals surface area contributed by atoms with E-state index in [0.29, 0.717) is 41.3 Å². The van der Waals surface area contributed by atoms with Crippen LogP contribution in [0, 0.1) is 11.3 Å². The third kappa shape index (κ3) is 4.11. The summed E-state index contributed by atoms with van der Waals surface area (Å²) in [5.41, 5.74) is 8.99. The number of rotatable bonds is 4. The van der Waals surface area contributed by atoms with Gasteiger partial charge in [-0.1, -0.05) is 12.1 Å². The fourth-order valence-electron chi connectivity index (χ4n) is 3.54. The molecule has 9 heteroatoms. The molecule has 2 heterocycles. The fourth-order valence-corrected chi connectivity index (χ4v) is 4.00. The molecule has 0 spiro atoms. The fraction of sp³-hybridized carbons (Fsp3) is 0.182. The van der Waals surface area contributed by atoms with Gasteiger partial charge in [0.2, 0.25) is 0 Å². The molecule has 0 saturated heterocycles. The average Bonchev–Trinajstić information content (AvgIpc) is 3.18. The summed E-state index contributed by atoms with van der Waals surface area (Å²) in [4.78, 5) is 27.7. The van der Waals surface area contributed by atoms with Crippen LogP contribution in [0.25, 0.3) is 11.3 Å². The van der Waals surface area contributed by atoms with E-state index in [1.165, 1.54) is 4.90 Å². The average molecular weight is 433 g/mol. The molecule has 3 N–H and O–H groups in total. The van der Waals surface area contributed by atoms with Gasteiger partial charge in [-0.25, -0.2) is 4.79 Å². The van der Waals surface area contributed by atoms with Gasteiger partial charge in [0.25, 0.3) is 5.91 Å². The minimum atomic E-state index is -0.531. The molecule has 0 bridgehead atoms. The Morgan fingerprint density at radius 1 is 1.19 bits per heavy atom. The number of nitriles is 1. The highest BCUT2D eigenvalue weighted by Crippen LogP contribution is 2.31. The van der Waals surface area contributed by atoms with Gasteiger partial charge in [-0.3, -0.25) is 9.48 Å². The first kappa shape index (κ1) is 20.5. The third-order valence-corrected chi connectivity index (χ3v) is 5.86. The van der Waals surface area contributed by atoms with Crippen LogP contribution in [-0.4, -0.2) is 39.4 Å². The smallest absolute Gasteiger partial charge is 0.315 e. The largest absolute Gasteiger partial charge is 0.351 e. The summed E-state index contributed by atoms with van der Waals surface area (Å²) in [6.45, 7) is 1.10. The number of nitrogens with one attached hydrogen (secondary N) is 1. The van der Waals surface area contributed by atoms with Gasteiger partial charge in [0, 0.05) is 22.7 Å². The highest BCUT2D eigenvalue weighted by atomic mass is 32.2. The monoisotopic (exact) mass is 432 g/mol. The van der Waals surface area contributed by atoms with Crippen molar-refractivity contribution in [1.82, 2.24) is 14.7 Å². The number of aromatic nitrogens is 2. The van der Waals surface area contributed by atoms with E-state index in [4.69, 9.17) is 16.1 Å². The number of benzene rings is 2. The Bertz CT molecular complexity index is 1200. The predicted molar refractivity (Wildman–Crippen MR) is 119 cm³/mol. The summed E-state index contributed by atoms with van der Waals surface area (Å²) in [5.74, 6) is -0.332. The highest BCUT2D eigenvalue weighted by Gasteiger charge is 2.30. The van der Waals surface area contributed by atoms with Crippen LogP contribution >= 0.6 is 11.8 Å². The quantitative estimate of drug-likeness (QED) is 0.614. The van der Waals surface area contributed by atoms with Crippen molar-refractivity contribution in [2.75, 3.05) is 18.1 Å². The predicted octanol–water partition coefficient (Wildman–Crippen LogP) is 3.29. The summed E-state index contributed by atoms with van der Waals surface area (Å²) in [5, 5.41) is 16.6. The number of anilines is 1. The normalized spacial score (nSPS) is 12.7. The molecular formula is C22H20N6O2S. The number of carbonyl (C=O) groups is 2. The molecule has 0 aliphatic carbocycles. The Labute approximate surface area is 183 Å². The molecule has 2 aromatic carbocycles. The standard InChI is InChI=1S/C22H20N6O2S/c1-31-17-4-2-3-15(11-17)20-19(18-13-27(22(24)30)9-10-28(18)26-20)21(29)25-16-7-5-14(12-23)6-8-16/h2-8,11H,9-10,13H2,1H3,(H2,24,30)(H,25,29). The van der Waals surface area contributed by atoms with Gasteiger partial charge >= 0.3 is 6.03 Å². The molecule has 0 fully saturated rings. The molecule has 0 atom stereocenters. The number of carbonyl (C=O) groups excluding carboxylic acids is 2. The van der Waals surface area contributed by atoms with Crippen LogP contribution in [0.3, 0.4) is 0 Å². The Hall–Kier alpha value is -3.77. The highest BCUT2D eigenvalue weighted by molar-refractivity contribution is 7.98. The molecular weight excluding hydrogens is 412 g/mol. The number of thioether (sulfide) groups is 1. The maximum absolute atomic E-state index is 13.4. The van der Waals surface area contributed by atoms with Crippen LogP contribution in [0.2, 0.25) is 0 Å². The van der Waals surface area contributed by atoms with Crippen molar-refractivity contribution < 1.29 is 9.59 Å². The van der Waals surface area contributed by atoms with E-state index in [2.05, 4.69) is 11.4 Å². The molecule has 0 radical (unpaired) electrons. The molecule has 1 aliphatic rings. The van der Waals surface area contributed by atoms with Gasteiger partial charge < -0.3 is 16.0 Å². The summed E-state index contributed by atoms with van der Waals surface area (Å²) in [6.07, 6.45) is 1.99. The van der Waals surface area contributed by atoms with Crippen molar-refractivity contribution in [3.05, 3.63) is 65.4 Å².